The molecule has 5 nitrogen and oxygen atoms in total. The molecule has 1 aromatic carbocycles. The first kappa shape index (κ1) is 12.3. The van der Waals surface area contributed by atoms with Crippen LogP contribution in [-0.4, -0.2) is 43.8 Å². The van der Waals surface area contributed by atoms with Gasteiger partial charge in [-0.15, -0.1) is 0 Å². The summed E-state index contributed by atoms with van der Waals surface area (Å²) in [6.07, 6.45) is 2.05. The van der Waals surface area contributed by atoms with Crippen molar-refractivity contribution in [3.63, 3.8) is 0 Å². The second kappa shape index (κ2) is 5.48. The minimum Gasteiger partial charge on any atom is -0.491 e. The van der Waals surface area contributed by atoms with Crippen LogP contribution in [0.5, 0.6) is 5.75 Å². The predicted molar refractivity (Wildman–Crippen MR) is 71.7 cm³/mol. The normalized spacial score (nSPS) is 18.4. The number of ether oxygens (including phenoxy) is 2. The molecule has 19 heavy (non-hydrogen) atoms. The van der Waals surface area contributed by atoms with Crippen molar-refractivity contribution in [3.8, 4) is 5.75 Å². The molecule has 0 saturated carbocycles. The van der Waals surface area contributed by atoms with Gasteiger partial charge >= 0.3 is 6.03 Å². The zero-order valence-corrected chi connectivity index (χ0v) is 10.9. The number of benzene rings is 1. The van der Waals surface area contributed by atoms with Gasteiger partial charge < -0.3 is 19.7 Å². The molecule has 2 aliphatic heterocycles. The molecule has 5 heteroatoms. The smallest absolute Gasteiger partial charge is 0.322 e. The van der Waals surface area contributed by atoms with E-state index in [1.54, 1.807) is 4.90 Å². The number of nitrogens with zero attached hydrogens (tertiary/aromatic N) is 1. The fraction of sp³-hybridized carbons (Fsp3) is 0.500. The van der Waals surface area contributed by atoms with Crippen LogP contribution in [0, 0.1) is 0 Å². The van der Waals surface area contributed by atoms with E-state index >= 15 is 0 Å². The Labute approximate surface area is 112 Å². The van der Waals surface area contributed by atoms with Crippen LogP contribution in [0.25, 0.3) is 0 Å². The fourth-order valence-corrected chi connectivity index (χ4v) is 2.45. The molecular formula is C14H18N2O3. The van der Waals surface area contributed by atoms with E-state index < -0.39 is 0 Å². The van der Waals surface area contributed by atoms with Gasteiger partial charge in [-0.1, -0.05) is 12.1 Å². The Hall–Kier alpha value is -1.75. The number of amides is 2. The van der Waals surface area contributed by atoms with Crippen LogP contribution >= 0.6 is 0 Å². The second-order valence-corrected chi connectivity index (χ2v) is 4.78. The van der Waals surface area contributed by atoms with E-state index in [-0.39, 0.29) is 6.03 Å². The zero-order chi connectivity index (χ0) is 13.1. The molecule has 102 valence electrons. The Kier molecular flexibility index (Phi) is 3.55. The van der Waals surface area contributed by atoms with Crippen LogP contribution < -0.4 is 10.1 Å². The monoisotopic (exact) mass is 262 g/mol. The van der Waals surface area contributed by atoms with Crippen LogP contribution in [0.4, 0.5) is 10.5 Å². The first-order valence-electron chi connectivity index (χ1n) is 6.73. The number of aryl methyl sites for hydroxylation is 1. The third-order valence-corrected chi connectivity index (χ3v) is 3.47. The summed E-state index contributed by atoms with van der Waals surface area (Å²) in [6.45, 7) is 3.22. The minimum atomic E-state index is -0.0779. The van der Waals surface area contributed by atoms with Crippen LogP contribution in [0.2, 0.25) is 0 Å². The van der Waals surface area contributed by atoms with E-state index in [0.29, 0.717) is 26.3 Å². The lowest BCUT2D eigenvalue weighted by molar-refractivity contribution is 0.0564. The number of para-hydroxylation sites is 1. The number of morpholine rings is 1. The van der Waals surface area contributed by atoms with Gasteiger partial charge in [0.25, 0.3) is 0 Å². The van der Waals surface area contributed by atoms with Gasteiger partial charge in [-0.25, -0.2) is 4.79 Å². The van der Waals surface area contributed by atoms with E-state index in [1.165, 1.54) is 5.56 Å². The number of anilines is 1. The van der Waals surface area contributed by atoms with Crippen molar-refractivity contribution in [2.24, 2.45) is 0 Å². The summed E-state index contributed by atoms with van der Waals surface area (Å²) in [5.74, 6) is 0.829. The highest BCUT2D eigenvalue weighted by Crippen LogP contribution is 2.32. The van der Waals surface area contributed by atoms with Crippen molar-refractivity contribution < 1.29 is 14.3 Å². The molecule has 0 spiro atoms. The maximum atomic E-state index is 12.2. The summed E-state index contributed by atoms with van der Waals surface area (Å²) in [6, 6.07) is 5.83. The van der Waals surface area contributed by atoms with E-state index in [1.807, 2.05) is 12.1 Å². The van der Waals surface area contributed by atoms with E-state index in [4.69, 9.17) is 9.47 Å². The van der Waals surface area contributed by atoms with Crippen molar-refractivity contribution >= 4 is 11.7 Å². The lowest BCUT2D eigenvalue weighted by atomic mass is 10.1. The molecular weight excluding hydrogens is 244 g/mol. The molecule has 0 bridgehead atoms. The molecule has 0 unspecified atom stereocenters. The Bertz CT molecular complexity index is 470. The number of carbonyl (C=O) groups is 1. The third kappa shape index (κ3) is 2.66. The quantitative estimate of drug-likeness (QED) is 0.840. The number of carbonyl (C=O) groups excluding carboxylic acids is 1. The van der Waals surface area contributed by atoms with Gasteiger partial charge in [-0.2, -0.15) is 0 Å². The number of hydrogen-bond donors (Lipinski definition) is 1. The third-order valence-electron chi connectivity index (χ3n) is 3.47. The van der Waals surface area contributed by atoms with Crippen molar-refractivity contribution in [1.29, 1.82) is 0 Å². The van der Waals surface area contributed by atoms with Gasteiger partial charge in [-0.3, -0.25) is 0 Å². The summed E-state index contributed by atoms with van der Waals surface area (Å²) in [4.78, 5) is 13.9. The van der Waals surface area contributed by atoms with E-state index in [9.17, 15) is 4.79 Å². The van der Waals surface area contributed by atoms with E-state index in [0.717, 1.165) is 30.9 Å². The van der Waals surface area contributed by atoms with Crippen LogP contribution in [0.15, 0.2) is 18.2 Å². The molecule has 2 heterocycles. The molecule has 2 aliphatic rings. The zero-order valence-electron chi connectivity index (χ0n) is 10.9. The molecule has 2 amide bonds. The first-order chi connectivity index (χ1) is 9.34. The number of urea groups is 1. The van der Waals surface area contributed by atoms with Gasteiger partial charge in [0.1, 0.15) is 5.75 Å². The highest BCUT2D eigenvalue weighted by Gasteiger charge is 2.20. The van der Waals surface area contributed by atoms with Crippen molar-refractivity contribution in [2.45, 2.75) is 12.8 Å². The number of nitrogens with one attached hydrogen (secondary N) is 1. The molecule has 0 aliphatic carbocycles. The van der Waals surface area contributed by atoms with E-state index in [2.05, 4.69) is 11.4 Å². The summed E-state index contributed by atoms with van der Waals surface area (Å²) in [7, 11) is 0. The van der Waals surface area contributed by atoms with Crippen LogP contribution in [-0.2, 0) is 11.2 Å². The van der Waals surface area contributed by atoms with Crippen molar-refractivity contribution in [2.75, 3.05) is 38.2 Å². The highest BCUT2D eigenvalue weighted by molar-refractivity contribution is 5.91. The summed E-state index contributed by atoms with van der Waals surface area (Å²) >= 11 is 0. The lowest BCUT2D eigenvalue weighted by Gasteiger charge is -2.28. The SMILES string of the molecule is O=C(Nc1cccc2c1OCCC2)N1CCOCC1. The first-order valence-corrected chi connectivity index (χ1v) is 6.73. The van der Waals surface area contributed by atoms with Gasteiger partial charge in [0, 0.05) is 13.1 Å². The molecule has 0 radical (unpaired) electrons. The Morgan fingerprint density at radius 2 is 2.05 bits per heavy atom. The lowest BCUT2D eigenvalue weighted by Crippen LogP contribution is -2.43. The number of hydrogen-bond acceptors (Lipinski definition) is 3. The van der Waals surface area contributed by atoms with Gasteiger partial charge in [0.05, 0.1) is 25.5 Å². The van der Waals surface area contributed by atoms with Gasteiger partial charge in [-0.05, 0) is 24.5 Å². The van der Waals surface area contributed by atoms with Gasteiger partial charge in [0.2, 0.25) is 0 Å². The average molecular weight is 262 g/mol. The number of rotatable bonds is 1. The topological polar surface area (TPSA) is 50.8 Å². The second-order valence-electron chi connectivity index (χ2n) is 4.78. The summed E-state index contributed by atoms with van der Waals surface area (Å²) in [5, 5.41) is 2.95. The maximum absolute atomic E-state index is 12.2. The van der Waals surface area contributed by atoms with Crippen molar-refractivity contribution in [1.82, 2.24) is 4.90 Å². The standard InChI is InChI=1S/C14H18N2O3/c17-14(16-6-9-18-10-7-16)15-12-5-1-3-11-4-2-8-19-13(11)12/h1,3,5H,2,4,6-10H2,(H,15,17). The molecule has 1 fully saturated rings. The Balaban J connectivity index is 1.74. The van der Waals surface area contributed by atoms with Gasteiger partial charge in [0.15, 0.2) is 0 Å². The molecule has 3 rings (SSSR count). The highest BCUT2D eigenvalue weighted by atomic mass is 16.5. The molecule has 1 saturated heterocycles. The maximum Gasteiger partial charge on any atom is 0.322 e. The molecule has 1 aromatic rings. The minimum absolute atomic E-state index is 0.0779. The molecule has 0 aromatic heterocycles. The van der Waals surface area contributed by atoms with Crippen LogP contribution in [0.3, 0.4) is 0 Å². The summed E-state index contributed by atoms with van der Waals surface area (Å²) in [5.41, 5.74) is 1.94. The molecule has 0 atom stereocenters. The Morgan fingerprint density at radius 1 is 1.21 bits per heavy atom. The molecule has 1 N–H and O–H groups in total. The Morgan fingerprint density at radius 3 is 2.89 bits per heavy atom. The predicted octanol–water partition coefficient (Wildman–Crippen LogP) is 1.88. The summed E-state index contributed by atoms with van der Waals surface area (Å²) < 4.78 is 10.9. The number of fused-ring (bicyclic) bond motifs is 1. The van der Waals surface area contributed by atoms with Crippen LogP contribution in [0.1, 0.15) is 12.0 Å². The average Bonchev–Trinajstić information content (AvgIpc) is 2.48. The fourth-order valence-electron chi connectivity index (χ4n) is 2.45. The van der Waals surface area contributed by atoms with Crippen molar-refractivity contribution in [3.05, 3.63) is 23.8 Å². The largest absolute Gasteiger partial charge is 0.491 e.